The normalized spacial score (nSPS) is 14.2. The van der Waals surface area contributed by atoms with Crippen LogP contribution in [0.3, 0.4) is 0 Å². The third-order valence-corrected chi connectivity index (χ3v) is 8.66. The highest BCUT2D eigenvalue weighted by Gasteiger charge is 2.32. The van der Waals surface area contributed by atoms with E-state index in [9.17, 15) is 4.79 Å². The van der Waals surface area contributed by atoms with Gasteiger partial charge in [-0.25, -0.2) is 4.98 Å². The van der Waals surface area contributed by atoms with Gasteiger partial charge in [-0.2, -0.15) is 0 Å². The van der Waals surface area contributed by atoms with Gasteiger partial charge in [-0.15, -0.1) is 0 Å². The molecule has 1 fully saturated rings. The van der Waals surface area contributed by atoms with Gasteiger partial charge in [0.15, 0.2) is 0 Å². The van der Waals surface area contributed by atoms with Crippen LogP contribution in [0.15, 0.2) is 108 Å². The van der Waals surface area contributed by atoms with E-state index in [1.165, 1.54) is 27.2 Å². The fraction of sp³-hybridized carbons (Fsp3) is 0.200. The summed E-state index contributed by atoms with van der Waals surface area (Å²) in [6.07, 6.45) is 0. The standard InChI is InChI=1S/C35H32BrN3O/c1-24-13-14-28(21-25(24)2)33-23-31(30-22-29(36)15-16-32(30)37-33)35(40)39-19-17-38(18-20-39)34(26-9-5-3-6-10-26)27-11-7-4-8-12-27/h3-16,21-23,34H,17-20H2,1-2H3/p+1. The summed E-state index contributed by atoms with van der Waals surface area (Å²) in [5.74, 6) is 0.0746. The number of quaternary nitrogens is 1. The highest BCUT2D eigenvalue weighted by molar-refractivity contribution is 9.10. The minimum Gasteiger partial charge on any atom is -0.327 e. The number of fused-ring (bicyclic) bond motifs is 1. The molecule has 0 radical (unpaired) electrons. The van der Waals surface area contributed by atoms with Gasteiger partial charge in [0.2, 0.25) is 0 Å². The number of amides is 1. The molecule has 0 spiro atoms. The van der Waals surface area contributed by atoms with E-state index in [4.69, 9.17) is 4.98 Å². The lowest BCUT2D eigenvalue weighted by atomic mass is 9.96. The zero-order valence-corrected chi connectivity index (χ0v) is 24.5. The Morgan fingerprint density at radius 2 is 1.45 bits per heavy atom. The molecule has 0 atom stereocenters. The van der Waals surface area contributed by atoms with E-state index in [1.54, 1.807) is 0 Å². The van der Waals surface area contributed by atoms with Crippen molar-refractivity contribution < 1.29 is 9.69 Å². The Morgan fingerprint density at radius 1 is 0.800 bits per heavy atom. The number of hydrogen-bond donors (Lipinski definition) is 1. The summed E-state index contributed by atoms with van der Waals surface area (Å²) in [5.41, 5.74) is 8.50. The SMILES string of the molecule is Cc1ccc(-c2cc(C(=O)N3CC[NH+](C(c4ccccc4)c4ccccc4)CC3)c3cc(Br)ccc3n2)cc1C. The van der Waals surface area contributed by atoms with Crippen molar-refractivity contribution in [3.05, 3.63) is 135 Å². The number of nitrogens with one attached hydrogen (secondary N) is 1. The molecule has 5 heteroatoms. The van der Waals surface area contributed by atoms with Crippen molar-refractivity contribution in [1.82, 2.24) is 9.88 Å². The number of rotatable bonds is 5. The predicted molar refractivity (Wildman–Crippen MR) is 166 cm³/mol. The Morgan fingerprint density at radius 3 is 2.08 bits per heavy atom. The molecule has 200 valence electrons. The molecule has 2 heterocycles. The van der Waals surface area contributed by atoms with E-state index in [1.807, 2.05) is 29.2 Å². The second kappa shape index (κ2) is 11.4. The monoisotopic (exact) mass is 590 g/mol. The largest absolute Gasteiger partial charge is 0.327 e. The maximum Gasteiger partial charge on any atom is 0.255 e. The summed E-state index contributed by atoms with van der Waals surface area (Å²) < 4.78 is 0.942. The van der Waals surface area contributed by atoms with Gasteiger partial charge in [0.25, 0.3) is 5.91 Å². The van der Waals surface area contributed by atoms with Crippen LogP contribution in [0.25, 0.3) is 22.2 Å². The van der Waals surface area contributed by atoms with E-state index < -0.39 is 0 Å². The number of carbonyl (C=O) groups excluding carboxylic acids is 1. The number of carbonyl (C=O) groups is 1. The van der Waals surface area contributed by atoms with Crippen molar-refractivity contribution in [2.75, 3.05) is 26.2 Å². The van der Waals surface area contributed by atoms with Crippen molar-refractivity contribution in [2.45, 2.75) is 19.9 Å². The molecule has 0 bridgehead atoms. The molecule has 1 N–H and O–H groups in total. The van der Waals surface area contributed by atoms with Crippen molar-refractivity contribution in [3.8, 4) is 11.3 Å². The molecule has 1 amide bonds. The van der Waals surface area contributed by atoms with Crippen LogP contribution in [0.2, 0.25) is 0 Å². The van der Waals surface area contributed by atoms with Gasteiger partial charge >= 0.3 is 0 Å². The fourth-order valence-electron chi connectivity index (χ4n) is 5.83. The van der Waals surface area contributed by atoms with Gasteiger partial charge in [-0.05, 0) is 55.3 Å². The van der Waals surface area contributed by atoms with Crippen LogP contribution >= 0.6 is 15.9 Å². The predicted octanol–water partition coefficient (Wildman–Crippen LogP) is 6.41. The Kier molecular flexibility index (Phi) is 7.50. The Balaban J connectivity index is 1.30. The third kappa shape index (κ3) is 5.32. The summed E-state index contributed by atoms with van der Waals surface area (Å²) in [6.45, 7) is 7.42. The lowest BCUT2D eigenvalue weighted by Gasteiger charge is -2.37. The van der Waals surface area contributed by atoms with Gasteiger partial charge in [0, 0.05) is 26.5 Å². The first kappa shape index (κ1) is 26.4. The van der Waals surface area contributed by atoms with Crippen LogP contribution < -0.4 is 4.90 Å². The molecule has 1 aliphatic rings. The van der Waals surface area contributed by atoms with E-state index in [0.717, 1.165) is 39.7 Å². The first-order valence-corrected chi connectivity index (χ1v) is 14.7. The molecule has 1 saturated heterocycles. The number of pyridine rings is 1. The summed E-state index contributed by atoms with van der Waals surface area (Å²) >= 11 is 3.60. The smallest absolute Gasteiger partial charge is 0.255 e. The molecule has 1 aromatic heterocycles. The van der Waals surface area contributed by atoms with Crippen molar-refractivity contribution >= 4 is 32.7 Å². The lowest BCUT2D eigenvalue weighted by molar-refractivity contribution is -0.929. The van der Waals surface area contributed by atoms with Crippen molar-refractivity contribution in [2.24, 2.45) is 0 Å². The summed E-state index contributed by atoms with van der Waals surface area (Å²) in [7, 11) is 0. The van der Waals surface area contributed by atoms with Crippen molar-refractivity contribution in [1.29, 1.82) is 0 Å². The Bertz CT molecular complexity index is 1620. The molecular formula is C35H33BrN3O+. The summed E-state index contributed by atoms with van der Waals surface area (Å²) in [4.78, 5) is 22.6. The van der Waals surface area contributed by atoms with E-state index >= 15 is 0 Å². The number of piperazine rings is 1. The number of nitrogens with zero attached hydrogens (tertiary/aromatic N) is 2. The van der Waals surface area contributed by atoms with Gasteiger partial charge in [-0.3, -0.25) is 4.79 Å². The van der Waals surface area contributed by atoms with Crippen molar-refractivity contribution in [3.63, 3.8) is 0 Å². The van der Waals surface area contributed by atoms with Crippen LogP contribution in [-0.2, 0) is 0 Å². The lowest BCUT2D eigenvalue weighted by Crippen LogP contribution is -3.15. The molecule has 1 aliphatic heterocycles. The molecule has 4 aromatic carbocycles. The topological polar surface area (TPSA) is 37.6 Å². The van der Waals surface area contributed by atoms with E-state index in [-0.39, 0.29) is 11.9 Å². The minimum absolute atomic E-state index is 0.0746. The summed E-state index contributed by atoms with van der Waals surface area (Å²) in [6, 6.07) is 36.1. The van der Waals surface area contributed by atoms with E-state index in [0.29, 0.717) is 18.7 Å². The highest BCUT2D eigenvalue weighted by Crippen LogP contribution is 2.29. The fourth-order valence-corrected chi connectivity index (χ4v) is 6.20. The zero-order chi connectivity index (χ0) is 27.6. The Hall–Kier alpha value is -3.80. The first-order valence-electron chi connectivity index (χ1n) is 13.9. The molecule has 0 unspecified atom stereocenters. The second-order valence-corrected chi connectivity index (χ2v) is 11.6. The second-order valence-electron chi connectivity index (χ2n) is 10.7. The maximum atomic E-state index is 14.1. The van der Waals surface area contributed by atoms with E-state index in [2.05, 4.69) is 109 Å². The van der Waals surface area contributed by atoms with Gasteiger partial charge in [0.1, 0.15) is 6.04 Å². The molecule has 0 aliphatic carbocycles. The Labute approximate surface area is 244 Å². The average Bonchev–Trinajstić information content (AvgIpc) is 2.99. The zero-order valence-electron chi connectivity index (χ0n) is 22.9. The van der Waals surface area contributed by atoms with Crippen LogP contribution in [0.5, 0.6) is 0 Å². The summed E-state index contributed by atoms with van der Waals surface area (Å²) in [5, 5.41) is 0.883. The molecule has 40 heavy (non-hydrogen) atoms. The van der Waals surface area contributed by atoms with Crippen LogP contribution in [0, 0.1) is 13.8 Å². The average molecular weight is 592 g/mol. The molecule has 4 nitrogen and oxygen atoms in total. The van der Waals surface area contributed by atoms with Crippen LogP contribution in [0.4, 0.5) is 0 Å². The molecule has 0 saturated carbocycles. The van der Waals surface area contributed by atoms with Gasteiger partial charge in [0.05, 0.1) is 43.0 Å². The van der Waals surface area contributed by atoms with Crippen LogP contribution in [0.1, 0.15) is 38.7 Å². The molecule has 5 aromatic rings. The molecular weight excluding hydrogens is 558 g/mol. The maximum absolute atomic E-state index is 14.1. The molecule has 6 rings (SSSR count). The number of hydrogen-bond acceptors (Lipinski definition) is 2. The van der Waals surface area contributed by atoms with Crippen LogP contribution in [-0.4, -0.2) is 42.0 Å². The quantitative estimate of drug-likeness (QED) is 0.257. The first-order chi connectivity index (χ1) is 19.5. The number of aromatic nitrogens is 1. The number of halogens is 1. The van der Waals surface area contributed by atoms with Gasteiger partial charge in [-0.1, -0.05) is 88.7 Å². The number of benzene rings is 4. The minimum atomic E-state index is 0.0746. The number of aryl methyl sites for hydroxylation is 2. The third-order valence-electron chi connectivity index (χ3n) is 8.17. The highest BCUT2D eigenvalue weighted by atomic mass is 79.9. The van der Waals surface area contributed by atoms with Gasteiger partial charge < -0.3 is 9.80 Å².